The van der Waals surface area contributed by atoms with Crippen LogP contribution in [0.3, 0.4) is 0 Å². The minimum atomic E-state index is 0.131. The lowest BCUT2D eigenvalue weighted by Gasteiger charge is -2.04. The molecule has 0 rings (SSSR count). The van der Waals surface area contributed by atoms with Gasteiger partial charge >= 0.3 is 0 Å². The Kier molecular flexibility index (Phi) is 4.02. The standard InChI is InChI=1S/C7H13NO/c1-3-7(8)4-6(2)5-9/h7H,3-4,8H2,1-2H3/t7-/m1/s1. The molecule has 0 radical (unpaired) electrons. The summed E-state index contributed by atoms with van der Waals surface area (Å²) in [7, 11) is 0. The van der Waals surface area contributed by atoms with Crippen molar-refractivity contribution >= 4 is 5.94 Å². The molecule has 0 saturated carbocycles. The van der Waals surface area contributed by atoms with E-state index in [-0.39, 0.29) is 6.04 Å². The highest BCUT2D eigenvalue weighted by Gasteiger charge is 1.98. The molecule has 1 atom stereocenters. The van der Waals surface area contributed by atoms with Crippen molar-refractivity contribution < 1.29 is 4.79 Å². The first kappa shape index (κ1) is 8.41. The largest absolute Gasteiger partial charge is 0.327 e. The maximum atomic E-state index is 9.94. The van der Waals surface area contributed by atoms with E-state index < -0.39 is 0 Å². The second-order valence-corrected chi connectivity index (χ2v) is 2.25. The molecule has 0 aliphatic carbocycles. The number of nitrogens with two attached hydrogens (primary N) is 1. The summed E-state index contributed by atoms with van der Waals surface area (Å²) >= 11 is 0. The maximum absolute atomic E-state index is 9.94. The fourth-order valence-electron chi connectivity index (χ4n) is 0.579. The number of hydrogen-bond acceptors (Lipinski definition) is 2. The SMILES string of the molecule is CC[C@@H](N)CC(C)=C=O. The van der Waals surface area contributed by atoms with Crippen molar-refractivity contribution in [1.82, 2.24) is 0 Å². The topological polar surface area (TPSA) is 43.1 Å². The predicted octanol–water partition coefficient (Wildman–Crippen LogP) is 0.892. The van der Waals surface area contributed by atoms with Crippen LogP contribution in [0.15, 0.2) is 5.57 Å². The summed E-state index contributed by atoms with van der Waals surface area (Å²) < 4.78 is 0. The lowest BCUT2D eigenvalue weighted by Crippen LogP contribution is -2.18. The average Bonchev–Trinajstić information content (AvgIpc) is 1.87. The Hall–Kier alpha value is -0.590. The van der Waals surface area contributed by atoms with E-state index in [4.69, 9.17) is 5.73 Å². The van der Waals surface area contributed by atoms with Crippen LogP contribution in [-0.2, 0) is 4.79 Å². The van der Waals surface area contributed by atoms with Gasteiger partial charge in [-0.15, -0.1) is 0 Å². The van der Waals surface area contributed by atoms with Crippen LogP contribution in [0.25, 0.3) is 0 Å². The van der Waals surface area contributed by atoms with E-state index >= 15 is 0 Å². The number of rotatable bonds is 3. The van der Waals surface area contributed by atoms with Gasteiger partial charge < -0.3 is 5.73 Å². The third kappa shape index (κ3) is 3.95. The molecule has 0 saturated heterocycles. The average molecular weight is 127 g/mol. The minimum Gasteiger partial charge on any atom is -0.327 e. The number of hydrogen-bond donors (Lipinski definition) is 1. The van der Waals surface area contributed by atoms with E-state index in [1.807, 2.05) is 12.9 Å². The Balaban J connectivity index is 3.60. The molecule has 0 heterocycles. The van der Waals surface area contributed by atoms with Gasteiger partial charge in [-0.1, -0.05) is 6.92 Å². The predicted molar refractivity (Wildman–Crippen MR) is 37.8 cm³/mol. The normalized spacial score (nSPS) is 12.3. The monoisotopic (exact) mass is 127 g/mol. The van der Waals surface area contributed by atoms with Crippen LogP contribution >= 0.6 is 0 Å². The van der Waals surface area contributed by atoms with Gasteiger partial charge in [0.15, 0.2) is 0 Å². The Labute approximate surface area is 55.7 Å². The lowest BCUT2D eigenvalue weighted by atomic mass is 10.1. The van der Waals surface area contributed by atoms with Gasteiger partial charge in [0.2, 0.25) is 0 Å². The second kappa shape index (κ2) is 4.30. The van der Waals surface area contributed by atoms with E-state index in [0.29, 0.717) is 12.0 Å². The molecule has 0 unspecified atom stereocenters. The first-order valence-electron chi connectivity index (χ1n) is 3.16. The molecule has 0 spiro atoms. The van der Waals surface area contributed by atoms with Crippen LogP contribution in [0.1, 0.15) is 26.7 Å². The van der Waals surface area contributed by atoms with E-state index in [0.717, 1.165) is 6.42 Å². The van der Waals surface area contributed by atoms with Crippen molar-refractivity contribution in [2.24, 2.45) is 5.73 Å². The van der Waals surface area contributed by atoms with Crippen LogP contribution in [0.4, 0.5) is 0 Å². The maximum Gasteiger partial charge on any atom is 0.123 e. The molecule has 0 amide bonds. The summed E-state index contributed by atoms with van der Waals surface area (Å²) in [4.78, 5) is 9.94. The van der Waals surface area contributed by atoms with Crippen molar-refractivity contribution in [3.63, 3.8) is 0 Å². The van der Waals surface area contributed by atoms with Crippen molar-refractivity contribution in [1.29, 1.82) is 0 Å². The van der Waals surface area contributed by atoms with Crippen LogP contribution in [0, 0.1) is 0 Å². The Morgan fingerprint density at radius 1 is 1.78 bits per heavy atom. The summed E-state index contributed by atoms with van der Waals surface area (Å²) in [5, 5.41) is 0. The minimum absolute atomic E-state index is 0.131. The number of carbonyl (C=O) groups excluding carboxylic acids is 1. The van der Waals surface area contributed by atoms with Crippen molar-refractivity contribution in [2.45, 2.75) is 32.7 Å². The summed E-state index contributed by atoms with van der Waals surface area (Å²) in [6, 6.07) is 0.131. The van der Waals surface area contributed by atoms with Crippen LogP contribution < -0.4 is 5.73 Å². The van der Waals surface area contributed by atoms with Gasteiger partial charge in [0, 0.05) is 11.6 Å². The molecule has 0 aromatic heterocycles. The van der Waals surface area contributed by atoms with Crippen molar-refractivity contribution in [2.75, 3.05) is 0 Å². The van der Waals surface area contributed by atoms with Crippen molar-refractivity contribution in [3.05, 3.63) is 5.57 Å². The fraction of sp³-hybridized carbons (Fsp3) is 0.714. The van der Waals surface area contributed by atoms with Gasteiger partial charge in [-0.05, 0) is 19.8 Å². The molecule has 0 fully saturated rings. The lowest BCUT2D eigenvalue weighted by molar-refractivity contribution is 0.562. The molecular formula is C7H13NO. The van der Waals surface area contributed by atoms with Gasteiger partial charge in [0.05, 0.1) is 0 Å². The third-order valence-electron chi connectivity index (χ3n) is 1.27. The molecule has 9 heavy (non-hydrogen) atoms. The second-order valence-electron chi connectivity index (χ2n) is 2.25. The van der Waals surface area contributed by atoms with Gasteiger partial charge in [-0.2, -0.15) is 0 Å². The summed E-state index contributed by atoms with van der Waals surface area (Å²) in [5.41, 5.74) is 6.26. The van der Waals surface area contributed by atoms with Gasteiger partial charge in [0.25, 0.3) is 0 Å². The summed E-state index contributed by atoms with van der Waals surface area (Å²) in [6.07, 6.45) is 1.60. The smallest absolute Gasteiger partial charge is 0.123 e. The summed E-state index contributed by atoms with van der Waals surface area (Å²) in [5.74, 6) is 1.82. The van der Waals surface area contributed by atoms with Crippen LogP contribution in [0.5, 0.6) is 0 Å². The molecular weight excluding hydrogens is 114 g/mol. The Morgan fingerprint density at radius 2 is 2.33 bits per heavy atom. The molecule has 0 aromatic rings. The van der Waals surface area contributed by atoms with Crippen LogP contribution in [0.2, 0.25) is 0 Å². The highest BCUT2D eigenvalue weighted by molar-refractivity contribution is 5.51. The highest BCUT2D eigenvalue weighted by Crippen LogP contribution is 2.00. The van der Waals surface area contributed by atoms with E-state index in [1.54, 1.807) is 6.92 Å². The zero-order valence-corrected chi connectivity index (χ0v) is 5.98. The zero-order valence-electron chi connectivity index (χ0n) is 5.98. The molecule has 2 N–H and O–H groups in total. The van der Waals surface area contributed by atoms with E-state index in [1.165, 1.54) is 0 Å². The third-order valence-corrected chi connectivity index (χ3v) is 1.27. The first-order valence-corrected chi connectivity index (χ1v) is 3.16. The van der Waals surface area contributed by atoms with E-state index in [9.17, 15) is 4.79 Å². The summed E-state index contributed by atoms with van der Waals surface area (Å²) in [6.45, 7) is 3.76. The molecule has 2 nitrogen and oxygen atoms in total. The molecule has 0 aliphatic rings. The van der Waals surface area contributed by atoms with E-state index in [2.05, 4.69) is 0 Å². The Morgan fingerprint density at radius 3 is 2.67 bits per heavy atom. The first-order chi connectivity index (χ1) is 4.20. The molecule has 0 aromatic carbocycles. The quantitative estimate of drug-likeness (QED) is 0.572. The van der Waals surface area contributed by atoms with Crippen LogP contribution in [-0.4, -0.2) is 12.0 Å². The fourth-order valence-corrected chi connectivity index (χ4v) is 0.579. The molecule has 0 bridgehead atoms. The van der Waals surface area contributed by atoms with Gasteiger partial charge in [-0.25, -0.2) is 4.79 Å². The Bertz CT molecular complexity index is 125. The molecule has 52 valence electrons. The zero-order chi connectivity index (χ0) is 7.28. The van der Waals surface area contributed by atoms with Gasteiger partial charge in [-0.3, -0.25) is 0 Å². The van der Waals surface area contributed by atoms with Gasteiger partial charge in [0.1, 0.15) is 5.94 Å². The molecule has 0 aliphatic heterocycles. The molecule has 2 heteroatoms. The highest BCUT2D eigenvalue weighted by atomic mass is 16.1. The van der Waals surface area contributed by atoms with Crippen molar-refractivity contribution in [3.8, 4) is 0 Å².